The Labute approximate surface area is 236 Å². The zero-order valence-corrected chi connectivity index (χ0v) is 25.7. The molecule has 0 bridgehead atoms. The quantitative estimate of drug-likeness (QED) is 0.288. The molecule has 0 aromatic heterocycles. The molecule has 0 aliphatic carbocycles. The van der Waals surface area contributed by atoms with Crippen LogP contribution in [0.1, 0.15) is 98.3 Å². The molecule has 0 saturated heterocycles. The Morgan fingerprint density at radius 2 is 1.74 bits per heavy atom. The van der Waals surface area contributed by atoms with Crippen LogP contribution in [0.4, 0.5) is 5.69 Å². The van der Waals surface area contributed by atoms with Gasteiger partial charge < -0.3 is 15.5 Å². The highest BCUT2D eigenvalue weighted by Gasteiger charge is 2.12. The molecular weight excluding hydrogens is 468 g/mol. The average Bonchev–Trinajstić information content (AvgIpc) is 2.93. The van der Waals surface area contributed by atoms with Crippen LogP contribution in [-0.2, 0) is 0 Å². The predicted molar refractivity (Wildman–Crippen MR) is 173 cm³/mol. The number of hydrogen-bond donors (Lipinski definition) is 2. The molecule has 1 amide bonds. The van der Waals surface area contributed by atoms with E-state index in [1.165, 1.54) is 0 Å². The maximum Gasteiger partial charge on any atom is 0.255 e. The van der Waals surface area contributed by atoms with Gasteiger partial charge >= 0.3 is 0 Å². The summed E-state index contributed by atoms with van der Waals surface area (Å²) in [6.45, 7) is 25.4. The van der Waals surface area contributed by atoms with Crippen molar-refractivity contribution < 1.29 is 7.65 Å². The molecule has 38 heavy (non-hydrogen) atoms. The number of carbonyl (C=O) groups is 1. The second-order valence-corrected chi connectivity index (χ2v) is 9.09. The van der Waals surface area contributed by atoms with E-state index in [9.17, 15) is 4.79 Å². The zero-order valence-electron chi connectivity index (χ0n) is 25.7. The first-order chi connectivity index (χ1) is 18.1. The molecule has 0 spiro atoms. The Kier molecular flexibility index (Phi) is 17.4. The largest absolute Gasteiger partial charge is 0.379 e. The fourth-order valence-electron chi connectivity index (χ4n) is 3.47. The molecule has 2 aromatic carbocycles. The summed E-state index contributed by atoms with van der Waals surface area (Å²) < 4.78 is 0. The lowest BCUT2D eigenvalue weighted by atomic mass is 10.0. The minimum absolute atomic E-state index is 0. The second kappa shape index (κ2) is 19.0. The Morgan fingerprint density at radius 3 is 2.32 bits per heavy atom. The van der Waals surface area contributed by atoms with Crippen LogP contribution in [-0.4, -0.2) is 36.7 Å². The minimum Gasteiger partial charge on any atom is -0.379 e. The summed E-state index contributed by atoms with van der Waals surface area (Å²) in [5, 5.41) is 6.59. The van der Waals surface area contributed by atoms with Crippen LogP contribution in [0.15, 0.2) is 65.9 Å². The molecule has 2 N–H and O–H groups in total. The van der Waals surface area contributed by atoms with Crippen molar-refractivity contribution in [2.45, 2.75) is 81.3 Å². The average molecular weight is 525 g/mol. The molecule has 0 aliphatic heterocycles. The van der Waals surface area contributed by atoms with Crippen LogP contribution in [0, 0.1) is 12.8 Å². The van der Waals surface area contributed by atoms with Gasteiger partial charge in [-0.15, -0.1) is 0 Å². The molecule has 0 radical (unpaired) electrons. The molecule has 0 fully saturated rings. The van der Waals surface area contributed by atoms with Gasteiger partial charge in [0.2, 0.25) is 0 Å². The molecule has 0 saturated carbocycles. The van der Waals surface area contributed by atoms with Gasteiger partial charge in [0.1, 0.15) is 0 Å². The van der Waals surface area contributed by atoms with Crippen molar-refractivity contribution in [1.29, 1.82) is 0 Å². The molecule has 5 nitrogen and oxygen atoms in total. The van der Waals surface area contributed by atoms with Crippen molar-refractivity contribution >= 4 is 23.9 Å². The summed E-state index contributed by atoms with van der Waals surface area (Å²) in [4.78, 5) is 19.6. The topological polar surface area (TPSA) is 56.7 Å². The summed E-state index contributed by atoms with van der Waals surface area (Å²) in [6.07, 6.45) is 5.84. The summed E-state index contributed by atoms with van der Waals surface area (Å²) in [5.41, 5.74) is 5.60. The van der Waals surface area contributed by atoms with E-state index in [1.54, 1.807) is 6.08 Å². The Hall–Kier alpha value is -3.18. The number of hydrogen-bond acceptors (Lipinski definition) is 4. The second-order valence-electron chi connectivity index (χ2n) is 9.09. The summed E-state index contributed by atoms with van der Waals surface area (Å²) in [7, 11) is 2.06. The standard InChI is InChI=1S/C29H40N4O.2C2H6.2H2/c1-9-24-16-26(15-14-21(24)5)29(34)32-27-13-11-12-25(17-27)23(7)31-22(6)18-30-28(20(3)4)19-33(8)10-2;2*1-2;;/h9,11-20,22-23,31H,1,10H2,2-8H3,(H,32,34);2*1-2H3;2*1H/b28-19+,30-18?;;;;/t22?,23-;;;;/m0..../s1. The fourth-order valence-corrected chi connectivity index (χ4v) is 3.47. The van der Waals surface area contributed by atoms with Gasteiger partial charge in [-0.3, -0.25) is 9.79 Å². The van der Waals surface area contributed by atoms with Gasteiger partial charge in [-0.1, -0.05) is 72.4 Å². The van der Waals surface area contributed by atoms with Gasteiger partial charge in [-0.25, -0.2) is 0 Å². The lowest BCUT2D eigenvalue weighted by Crippen LogP contribution is -2.30. The van der Waals surface area contributed by atoms with E-state index in [0.29, 0.717) is 11.5 Å². The molecular formula is C33H56N4O. The van der Waals surface area contributed by atoms with Crippen LogP contribution < -0.4 is 10.6 Å². The maximum atomic E-state index is 12.8. The van der Waals surface area contributed by atoms with E-state index in [4.69, 9.17) is 4.99 Å². The number of nitrogens with one attached hydrogen (secondary N) is 2. The van der Waals surface area contributed by atoms with Gasteiger partial charge in [0, 0.05) is 52.2 Å². The number of carbonyl (C=O) groups excluding carboxylic acids is 1. The summed E-state index contributed by atoms with van der Waals surface area (Å²) in [5.74, 6) is 0.220. The third kappa shape index (κ3) is 11.9. The normalized spacial score (nSPS) is 12.6. The Morgan fingerprint density at radius 1 is 1.08 bits per heavy atom. The monoisotopic (exact) mass is 524 g/mol. The minimum atomic E-state index is -0.133. The van der Waals surface area contributed by atoms with E-state index in [2.05, 4.69) is 76.0 Å². The van der Waals surface area contributed by atoms with Crippen molar-refractivity contribution in [1.82, 2.24) is 10.2 Å². The molecule has 0 aliphatic rings. The lowest BCUT2D eigenvalue weighted by Gasteiger charge is -2.19. The van der Waals surface area contributed by atoms with E-state index in [-0.39, 0.29) is 20.8 Å². The highest BCUT2D eigenvalue weighted by Crippen LogP contribution is 2.20. The lowest BCUT2D eigenvalue weighted by molar-refractivity contribution is 0.102. The fraction of sp³-hybridized carbons (Fsp3) is 0.455. The van der Waals surface area contributed by atoms with Crippen molar-refractivity contribution in [3.63, 3.8) is 0 Å². The van der Waals surface area contributed by atoms with E-state index < -0.39 is 0 Å². The molecule has 2 rings (SSSR count). The molecule has 214 valence electrons. The third-order valence-corrected chi connectivity index (χ3v) is 5.81. The number of benzene rings is 2. The van der Waals surface area contributed by atoms with Crippen LogP contribution >= 0.6 is 0 Å². The highest BCUT2D eigenvalue weighted by molar-refractivity contribution is 6.04. The van der Waals surface area contributed by atoms with Crippen molar-refractivity contribution in [3.8, 4) is 0 Å². The Bertz CT molecular complexity index is 1050. The first kappa shape index (κ1) is 34.8. The van der Waals surface area contributed by atoms with E-state index in [1.807, 2.05) is 77.2 Å². The van der Waals surface area contributed by atoms with Gasteiger partial charge in [0.25, 0.3) is 5.91 Å². The molecule has 5 heteroatoms. The number of anilines is 1. The van der Waals surface area contributed by atoms with Crippen LogP contribution in [0.5, 0.6) is 0 Å². The number of aliphatic imine (C=N–C) groups is 1. The third-order valence-electron chi connectivity index (χ3n) is 5.81. The number of allylic oxidation sites excluding steroid dienone is 1. The van der Waals surface area contributed by atoms with Crippen LogP contribution in [0.3, 0.4) is 0 Å². The number of rotatable bonds is 11. The molecule has 0 heterocycles. The van der Waals surface area contributed by atoms with E-state index in [0.717, 1.165) is 34.6 Å². The van der Waals surface area contributed by atoms with Crippen molar-refractivity contribution in [2.24, 2.45) is 10.9 Å². The van der Waals surface area contributed by atoms with E-state index >= 15 is 0 Å². The summed E-state index contributed by atoms with van der Waals surface area (Å²) in [6, 6.07) is 13.8. The maximum absolute atomic E-state index is 12.8. The molecule has 2 aromatic rings. The summed E-state index contributed by atoms with van der Waals surface area (Å²) >= 11 is 0. The highest BCUT2D eigenvalue weighted by atomic mass is 16.1. The number of aryl methyl sites for hydroxylation is 1. The molecule has 1 unspecified atom stereocenters. The van der Waals surface area contributed by atoms with Crippen molar-refractivity contribution in [3.05, 3.63) is 83.2 Å². The number of nitrogens with zero attached hydrogens (tertiary/aromatic N) is 2. The predicted octanol–water partition coefficient (Wildman–Crippen LogP) is 8.99. The smallest absolute Gasteiger partial charge is 0.255 e. The van der Waals surface area contributed by atoms with Gasteiger partial charge in [-0.2, -0.15) is 0 Å². The van der Waals surface area contributed by atoms with Gasteiger partial charge in [0.05, 0.1) is 5.70 Å². The van der Waals surface area contributed by atoms with Gasteiger partial charge in [0.15, 0.2) is 0 Å². The first-order valence-electron chi connectivity index (χ1n) is 14.0. The van der Waals surface area contributed by atoms with Gasteiger partial charge in [-0.05, 0) is 74.6 Å². The van der Waals surface area contributed by atoms with Crippen LogP contribution in [0.2, 0.25) is 0 Å². The van der Waals surface area contributed by atoms with Crippen molar-refractivity contribution in [2.75, 3.05) is 18.9 Å². The zero-order chi connectivity index (χ0) is 29.3. The number of amides is 1. The Balaban J connectivity index is -0.00000218. The van der Waals surface area contributed by atoms with Crippen LogP contribution in [0.25, 0.3) is 6.08 Å². The first-order valence-corrected chi connectivity index (χ1v) is 14.0. The molecule has 2 atom stereocenters. The SMILES string of the molecule is C=Cc1cc(C(=O)Nc2cccc([C@H](C)NC(C)C=N/C(=C/N(C)CC)C(C)C)c2)ccc1C.CC.CC.[HH].[HH].